The Bertz CT molecular complexity index is 414. The molecule has 1 aliphatic rings. The maximum Gasteiger partial charge on any atom is 0.246 e. The molecule has 0 unspecified atom stereocenters. The average molecular weight is 266 g/mol. The summed E-state index contributed by atoms with van der Waals surface area (Å²) in [6.07, 6.45) is 2.30. The quantitative estimate of drug-likeness (QED) is 0.715. The van der Waals surface area contributed by atoms with Crippen LogP contribution in [0.25, 0.3) is 0 Å². The number of carbonyl (C=O) groups excluding carboxylic acids is 1. The van der Waals surface area contributed by atoms with E-state index >= 15 is 0 Å². The number of halogens is 1. The monoisotopic (exact) mass is 265 g/mol. The lowest BCUT2D eigenvalue weighted by atomic mass is 10.00. The van der Waals surface area contributed by atoms with Gasteiger partial charge in [-0.1, -0.05) is 34.6 Å². The smallest absolute Gasteiger partial charge is 0.246 e. The Hall–Kier alpha value is -1.09. The zero-order valence-corrected chi connectivity index (χ0v) is 9.96. The lowest BCUT2D eigenvalue weighted by molar-refractivity contribution is -0.126. The van der Waals surface area contributed by atoms with Gasteiger partial charge in [-0.3, -0.25) is 4.79 Å². The summed E-state index contributed by atoms with van der Waals surface area (Å²) in [7, 11) is 0. The van der Waals surface area contributed by atoms with E-state index in [1.54, 1.807) is 0 Å². The fourth-order valence-corrected chi connectivity index (χ4v) is 2.39. The molecule has 0 radical (unpaired) electrons. The number of hydrogen-bond donors (Lipinski definition) is 0. The molecule has 1 heterocycles. The number of amides is 1. The van der Waals surface area contributed by atoms with Crippen molar-refractivity contribution in [1.82, 2.24) is 4.90 Å². The van der Waals surface area contributed by atoms with Crippen LogP contribution in [0.15, 0.2) is 35.3 Å². The number of fused-ring (bicyclic) bond motifs is 1. The Morgan fingerprint density at radius 3 is 3.07 bits per heavy atom. The van der Waals surface area contributed by atoms with Crippen LogP contribution >= 0.6 is 15.9 Å². The molecule has 1 aliphatic heterocycles. The lowest BCUT2D eigenvalue weighted by Crippen LogP contribution is -2.34. The van der Waals surface area contributed by atoms with Crippen molar-refractivity contribution in [1.29, 1.82) is 0 Å². The van der Waals surface area contributed by atoms with E-state index in [-0.39, 0.29) is 5.91 Å². The molecule has 78 valence electrons. The minimum Gasteiger partial charge on any atom is -0.334 e. The van der Waals surface area contributed by atoms with E-state index in [1.165, 1.54) is 17.2 Å². The molecular formula is C12H12BrNO. The second-order valence-electron chi connectivity index (χ2n) is 3.59. The Morgan fingerprint density at radius 2 is 2.33 bits per heavy atom. The van der Waals surface area contributed by atoms with Gasteiger partial charge in [-0.15, -0.1) is 0 Å². The number of nitrogens with zero attached hydrogens (tertiary/aromatic N) is 1. The highest BCUT2D eigenvalue weighted by Gasteiger charge is 2.20. The molecule has 0 fully saturated rings. The highest BCUT2D eigenvalue weighted by atomic mass is 79.9. The molecule has 0 saturated carbocycles. The SMILES string of the molecule is C=CC(=O)N1CCc2cccc(Br)c2C1. The molecule has 0 saturated heterocycles. The molecule has 0 aliphatic carbocycles. The topological polar surface area (TPSA) is 20.3 Å². The second kappa shape index (κ2) is 4.19. The summed E-state index contributed by atoms with van der Waals surface area (Å²) < 4.78 is 1.08. The first-order chi connectivity index (χ1) is 7.22. The van der Waals surface area contributed by atoms with Crippen molar-refractivity contribution in [3.63, 3.8) is 0 Å². The zero-order valence-electron chi connectivity index (χ0n) is 8.37. The van der Waals surface area contributed by atoms with Crippen LogP contribution < -0.4 is 0 Å². The van der Waals surface area contributed by atoms with Crippen molar-refractivity contribution >= 4 is 21.8 Å². The van der Waals surface area contributed by atoms with Crippen molar-refractivity contribution in [3.05, 3.63) is 46.5 Å². The Kier molecular flexibility index (Phi) is 2.91. The molecule has 1 amide bonds. The summed E-state index contributed by atoms with van der Waals surface area (Å²) in [5, 5.41) is 0. The Morgan fingerprint density at radius 1 is 1.53 bits per heavy atom. The highest BCUT2D eigenvalue weighted by molar-refractivity contribution is 9.10. The molecule has 0 bridgehead atoms. The first-order valence-corrected chi connectivity index (χ1v) is 5.69. The number of hydrogen-bond acceptors (Lipinski definition) is 1. The number of rotatable bonds is 1. The molecule has 2 rings (SSSR count). The van der Waals surface area contributed by atoms with Gasteiger partial charge in [0.15, 0.2) is 0 Å². The van der Waals surface area contributed by atoms with Gasteiger partial charge in [0.05, 0.1) is 0 Å². The summed E-state index contributed by atoms with van der Waals surface area (Å²) >= 11 is 3.52. The van der Waals surface area contributed by atoms with Gasteiger partial charge in [0, 0.05) is 17.6 Å². The molecule has 0 N–H and O–H groups in total. The standard InChI is InChI=1S/C12H12BrNO/c1-2-12(15)14-7-6-9-4-3-5-11(13)10(9)8-14/h2-5H,1,6-8H2. The van der Waals surface area contributed by atoms with Crippen LogP contribution in [0.1, 0.15) is 11.1 Å². The molecular weight excluding hydrogens is 254 g/mol. The van der Waals surface area contributed by atoms with Crippen molar-refractivity contribution in [2.75, 3.05) is 6.54 Å². The van der Waals surface area contributed by atoms with Gasteiger partial charge < -0.3 is 4.90 Å². The van der Waals surface area contributed by atoms with Crippen LogP contribution in [0.5, 0.6) is 0 Å². The normalized spacial score (nSPS) is 14.6. The van der Waals surface area contributed by atoms with E-state index in [2.05, 4.69) is 28.6 Å². The van der Waals surface area contributed by atoms with Gasteiger partial charge in [-0.25, -0.2) is 0 Å². The Labute approximate surface area is 97.7 Å². The molecule has 1 aromatic rings. The minimum atomic E-state index is 0.0106. The number of benzene rings is 1. The fraction of sp³-hybridized carbons (Fsp3) is 0.250. The van der Waals surface area contributed by atoms with Crippen LogP contribution in [0, 0.1) is 0 Å². The van der Waals surface area contributed by atoms with E-state index in [4.69, 9.17) is 0 Å². The van der Waals surface area contributed by atoms with Gasteiger partial charge in [-0.05, 0) is 29.7 Å². The van der Waals surface area contributed by atoms with Crippen LogP contribution in [0.2, 0.25) is 0 Å². The molecule has 0 atom stereocenters. The lowest BCUT2D eigenvalue weighted by Gasteiger charge is -2.28. The van der Waals surface area contributed by atoms with Crippen LogP contribution in [-0.2, 0) is 17.8 Å². The van der Waals surface area contributed by atoms with Crippen molar-refractivity contribution < 1.29 is 4.79 Å². The molecule has 2 nitrogen and oxygen atoms in total. The van der Waals surface area contributed by atoms with Gasteiger partial charge >= 0.3 is 0 Å². The minimum absolute atomic E-state index is 0.0106. The zero-order chi connectivity index (χ0) is 10.8. The maximum absolute atomic E-state index is 11.5. The summed E-state index contributed by atoms with van der Waals surface area (Å²) in [6, 6.07) is 6.17. The average Bonchev–Trinajstić information content (AvgIpc) is 2.28. The van der Waals surface area contributed by atoms with E-state index in [0.717, 1.165) is 17.4 Å². The van der Waals surface area contributed by atoms with Crippen molar-refractivity contribution in [3.8, 4) is 0 Å². The van der Waals surface area contributed by atoms with Crippen LogP contribution in [0.3, 0.4) is 0 Å². The molecule has 1 aromatic carbocycles. The predicted octanol–water partition coefficient (Wildman–Crippen LogP) is 2.52. The first kappa shape index (κ1) is 10.4. The predicted molar refractivity (Wildman–Crippen MR) is 63.5 cm³/mol. The summed E-state index contributed by atoms with van der Waals surface area (Å²) in [5.41, 5.74) is 2.55. The second-order valence-corrected chi connectivity index (χ2v) is 4.45. The van der Waals surface area contributed by atoms with Gasteiger partial charge in [0.2, 0.25) is 5.91 Å². The van der Waals surface area contributed by atoms with E-state index < -0.39 is 0 Å². The molecule has 0 aromatic heterocycles. The number of carbonyl (C=O) groups is 1. The van der Waals surface area contributed by atoms with E-state index in [1.807, 2.05) is 17.0 Å². The fourth-order valence-electron chi connectivity index (χ4n) is 1.86. The largest absolute Gasteiger partial charge is 0.334 e. The van der Waals surface area contributed by atoms with Gasteiger partial charge in [-0.2, -0.15) is 0 Å². The highest BCUT2D eigenvalue weighted by Crippen LogP contribution is 2.26. The third-order valence-electron chi connectivity index (χ3n) is 2.70. The van der Waals surface area contributed by atoms with Crippen molar-refractivity contribution in [2.45, 2.75) is 13.0 Å². The molecule has 15 heavy (non-hydrogen) atoms. The van der Waals surface area contributed by atoms with Crippen LogP contribution in [-0.4, -0.2) is 17.4 Å². The van der Waals surface area contributed by atoms with Crippen LogP contribution in [0.4, 0.5) is 0 Å². The summed E-state index contributed by atoms with van der Waals surface area (Å²) in [5.74, 6) is 0.0106. The van der Waals surface area contributed by atoms with E-state index in [0.29, 0.717) is 6.54 Å². The summed E-state index contributed by atoms with van der Waals surface area (Å²) in [6.45, 7) is 4.98. The molecule has 3 heteroatoms. The van der Waals surface area contributed by atoms with E-state index in [9.17, 15) is 4.79 Å². The van der Waals surface area contributed by atoms with Gasteiger partial charge in [0.1, 0.15) is 0 Å². The third-order valence-corrected chi connectivity index (χ3v) is 3.45. The van der Waals surface area contributed by atoms with Crippen molar-refractivity contribution in [2.24, 2.45) is 0 Å². The van der Waals surface area contributed by atoms with Gasteiger partial charge in [0.25, 0.3) is 0 Å². The summed E-state index contributed by atoms with van der Waals surface area (Å²) in [4.78, 5) is 13.3. The first-order valence-electron chi connectivity index (χ1n) is 4.90. The maximum atomic E-state index is 11.5. The molecule has 0 spiro atoms. The third kappa shape index (κ3) is 1.97. The Balaban J connectivity index is 2.29.